The van der Waals surface area contributed by atoms with E-state index in [0.717, 1.165) is 19.7 Å². The first-order valence-corrected chi connectivity index (χ1v) is 4.58. The molecule has 2 heterocycles. The van der Waals surface area contributed by atoms with Crippen LogP contribution in [0.4, 0.5) is 4.79 Å². The molecule has 0 saturated carbocycles. The summed E-state index contributed by atoms with van der Waals surface area (Å²) < 4.78 is 10.3. The van der Waals surface area contributed by atoms with E-state index in [1.807, 2.05) is 0 Å². The zero-order chi connectivity index (χ0) is 9.10. The number of ether oxygens (including phenoxy) is 2. The lowest BCUT2D eigenvalue weighted by molar-refractivity contribution is 0.102. The second-order valence-electron chi connectivity index (χ2n) is 3.25. The first kappa shape index (κ1) is 8.77. The van der Waals surface area contributed by atoms with Gasteiger partial charge in [-0.05, 0) is 0 Å². The Bertz CT molecular complexity index is 194. The maximum absolute atomic E-state index is 11.0. The number of epoxide rings is 1. The fourth-order valence-electron chi connectivity index (χ4n) is 1.28. The highest BCUT2D eigenvalue weighted by molar-refractivity contribution is 5.76. The molecule has 5 nitrogen and oxygen atoms in total. The lowest BCUT2D eigenvalue weighted by atomic mass is 10.5. The Morgan fingerprint density at radius 1 is 1.69 bits per heavy atom. The Labute approximate surface area is 77.0 Å². The molecule has 2 fully saturated rings. The molecule has 2 aliphatic rings. The fourth-order valence-corrected chi connectivity index (χ4v) is 1.28. The van der Waals surface area contributed by atoms with Gasteiger partial charge in [-0.2, -0.15) is 0 Å². The van der Waals surface area contributed by atoms with E-state index in [4.69, 9.17) is 9.47 Å². The van der Waals surface area contributed by atoms with Crippen LogP contribution in [0.1, 0.15) is 0 Å². The van der Waals surface area contributed by atoms with Gasteiger partial charge in [-0.3, -0.25) is 0 Å². The van der Waals surface area contributed by atoms with Gasteiger partial charge in [0.05, 0.1) is 19.8 Å². The van der Waals surface area contributed by atoms with Crippen LogP contribution in [0.25, 0.3) is 0 Å². The zero-order valence-electron chi connectivity index (χ0n) is 7.49. The van der Waals surface area contributed by atoms with Crippen LogP contribution >= 0.6 is 0 Å². The first-order chi connectivity index (χ1) is 6.36. The summed E-state index contributed by atoms with van der Waals surface area (Å²) in [7, 11) is 0. The molecule has 1 unspecified atom stereocenters. The van der Waals surface area contributed by atoms with Gasteiger partial charge in [0.15, 0.2) is 0 Å². The highest BCUT2D eigenvalue weighted by atomic mass is 16.6. The van der Waals surface area contributed by atoms with Gasteiger partial charge < -0.3 is 19.7 Å². The molecule has 0 spiro atoms. The van der Waals surface area contributed by atoms with Crippen LogP contribution in [0.15, 0.2) is 0 Å². The summed E-state index contributed by atoms with van der Waals surface area (Å²) in [6, 6.07) is 0.0197. The van der Waals surface area contributed by atoms with Crippen molar-refractivity contribution in [3.8, 4) is 0 Å². The molecule has 2 aliphatic heterocycles. The van der Waals surface area contributed by atoms with Gasteiger partial charge in [-0.1, -0.05) is 0 Å². The smallest absolute Gasteiger partial charge is 0.317 e. The van der Waals surface area contributed by atoms with Crippen molar-refractivity contribution in [2.75, 3.05) is 39.5 Å². The van der Waals surface area contributed by atoms with Crippen LogP contribution in [0.2, 0.25) is 0 Å². The van der Waals surface area contributed by atoms with Crippen molar-refractivity contribution in [1.29, 1.82) is 0 Å². The number of nitrogens with zero attached hydrogens (tertiary/aromatic N) is 1. The number of carbonyl (C=O) groups excluding carboxylic acids is 1. The van der Waals surface area contributed by atoms with Gasteiger partial charge in [-0.15, -0.1) is 0 Å². The Balaban J connectivity index is 1.53. The van der Waals surface area contributed by atoms with E-state index in [-0.39, 0.29) is 6.03 Å². The summed E-state index contributed by atoms with van der Waals surface area (Å²) in [5.41, 5.74) is 0. The summed E-state index contributed by atoms with van der Waals surface area (Å²) in [6.07, 6.45) is 0.312. The minimum absolute atomic E-state index is 0.0197. The van der Waals surface area contributed by atoms with E-state index in [1.165, 1.54) is 0 Å². The number of amides is 2. The maximum Gasteiger partial charge on any atom is 0.317 e. The number of nitrogens with one attached hydrogen (secondary N) is 1. The standard InChI is InChI=1S/C8H14N2O3/c11-8-9-1-2-10(8)3-4-12-5-7-6-13-7/h7H,1-6H2,(H,9,11). The normalized spacial score (nSPS) is 26.3. The van der Waals surface area contributed by atoms with Gasteiger partial charge in [0.1, 0.15) is 6.10 Å². The molecule has 1 N–H and O–H groups in total. The molecule has 5 heteroatoms. The molecule has 2 amide bonds. The number of rotatable bonds is 5. The molecule has 2 saturated heterocycles. The molecule has 0 aromatic carbocycles. The van der Waals surface area contributed by atoms with Crippen molar-refractivity contribution in [3.63, 3.8) is 0 Å². The highest BCUT2D eigenvalue weighted by Gasteiger charge is 2.23. The van der Waals surface area contributed by atoms with Crippen LogP contribution in [0, 0.1) is 0 Å². The Morgan fingerprint density at radius 3 is 3.15 bits per heavy atom. The number of carbonyl (C=O) groups is 1. The van der Waals surface area contributed by atoms with E-state index in [2.05, 4.69) is 5.32 Å². The third-order valence-electron chi connectivity index (χ3n) is 2.16. The van der Waals surface area contributed by atoms with Crippen molar-refractivity contribution in [2.45, 2.75) is 6.10 Å². The van der Waals surface area contributed by atoms with Gasteiger partial charge in [-0.25, -0.2) is 4.79 Å². The van der Waals surface area contributed by atoms with Gasteiger partial charge in [0.25, 0.3) is 0 Å². The highest BCUT2D eigenvalue weighted by Crippen LogP contribution is 2.08. The molecule has 0 aliphatic carbocycles. The molecule has 0 aromatic heterocycles. The van der Waals surface area contributed by atoms with Crippen LogP contribution in [-0.2, 0) is 9.47 Å². The monoisotopic (exact) mass is 186 g/mol. The molecule has 74 valence electrons. The van der Waals surface area contributed by atoms with E-state index >= 15 is 0 Å². The van der Waals surface area contributed by atoms with Crippen molar-refractivity contribution < 1.29 is 14.3 Å². The van der Waals surface area contributed by atoms with Crippen molar-refractivity contribution in [2.24, 2.45) is 0 Å². The molecule has 13 heavy (non-hydrogen) atoms. The first-order valence-electron chi connectivity index (χ1n) is 4.58. The third-order valence-corrected chi connectivity index (χ3v) is 2.16. The van der Waals surface area contributed by atoms with Crippen LogP contribution in [-0.4, -0.2) is 56.5 Å². The van der Waals surface area contributed by atoms with E-state index in [9.17, 15) is 4.79 Å². The molecule has 2 rings (SSSR count). The summed E-state index contributed by atoms with van der Waals surface area (Å²) in [4.78, 5) is 12.8. The zero-order valence-corrected chi connectivity index (χ0v) is 7.49. The van der Waals surface area contributed by atoms with Crippen LogP contribution in [0.3, 0.4) is 0 Å². The fraction of sp³-hybridized carbons (Fsp3) is 0.875. The largest absolute Gasteiger partial charge is 0.377 e. The van der Waals surface area contributed by atoms with Crippen molar-refractivity contribution in [1.82, 2.24) is 10.2 Å². The number of hydrogen-bond acceptors (Lipinski definition) is 3. The molecule has 0 aromatic rings. The second-order valence-corrected chi connectivity index (χ2v) is 3.25. The quantitative estimate of drug-likeness (QED) is 0.462. The topological polar surface area (TPSA) is 54.1 Å². The minimum Gasteiger partial charge on any atom is -0.377 e. The summed E-state index contributed by atoms with van der Waals surface area (Å²) in [5.74, 6) is 0. The molecular weight excluding hydrogens is 172 g/mol. The second kappa shape index (κ2) is 3.93. The molecular formula is C8H14N2O3. The molecule has 0 radical (unpaired) electrons. The molecule has 1 atom stereocenters. The van der Waals surface area contributed by atoms with E-state index in [0.29, 0.717) is 25.9 Å². The SMILES string of the molecule is O=C1NCCN1CCOCC1CO1. The maximum atomic E-state index is 11.0. The summed E-state index contributed by atoms with van der Waals surface area (Å²) >= 11 is 0. The van der Waals surface area contributed by atoms with Crippen LogP contribution < -0.4 is 5.32 Å². The summed E-state index contributed by atoms with van der Waals surface area (Å²) in [5, 5.41) is 2.74. The van der Waals surface area contributed by atoms with Gasteiger partial charge >= 0.3 is 6.03 Å². The van der Waals surface area contributed by atoms with Crippen LogP contribution in [0.5, 0.6) is 0 Å². The Hall–Kier alpha value is -0.810. The molecule has 0 bridgehead atoms. The van der Waals surface area contributed by atoms with Gasteiger partial charge in [0, 0.05) is 19.6 Å². The van der Waals surface area contributed by atoms with E-state index < -0.39 is 0 Å². The minimum atomic E-state index is 0.0197. The van der Waals surface area contributed by atoms with Crippen molar-refractivity contribution >= 4 is 6.03 Å². The Morgan fingerprint density at radius 2 is 2.54 bits per heavy atom. The van der Waals surface area contributed by atoms with Crippen molar-refractivity contribution in [3.05, 3.63) is 0 Å². The average molecular weight is 186 g/mol. The number of urea groups is 1. The Kier molecular flexibility index (Phi) is 2.65. The van der Waals surface area contributed by atoms with E-state index in [1.54, 1.807) is 4.90 Å². The predicted octanol–water partition coefficient (Wildman–Crippen LogP) is -0.573. The predicted molar refractivity (Wildman–Crippen MR) is 45.5 cm³/mol. The third kappa shape index (κ3) is 2.57. The van der Waals surface area contributed by atoms with Gasteiger partial charge in [0.2, 0.25) is 0 Å². The lowest BCUT2D eigenvalue weighted by Gasteiger charge is -2.13. The summed E-state index contributed by atoms with van der Waals surface area (Å²) in [6.45, 7) is 4.32. The lowest BCUT2D eigenvalue weighted by Crippen LogP contribution is -2.31. The average Bonchev–Trinajstić information content (AvgIpc) is 2.86. The number of hydrogen-bond donors (Lipinski definition) is 1.